The number of aromatic nitrogens is 1. The standard InChI is InChI=1S/C15H14F3N3O3S/c1-3-25(22,23)20-12-6-4-10(8-14(12)24-15(16,17)18)13-7-5-11(9-19)21(13)2/h4-8,20H,3H2,1-2H3. The lowest BCUT2D eigenvalue weighted by molar-refractivity contribution is -0.274. The van der Waals surface area contributed by atoms with E-state index in [9.17, 15) is 21.6 Å². The predicted molar refractivity (Wildman–Crippen MR) is 85.3 cm³/mol. The van der Waals surface area contributed by atoms with E-state index >= 15 is 0 Å². The molecule has 2 aromatic rings. The molecule has 0 amide bonds. The summed E-state index contributed by atoms with van der Waals surface area (Å²) in [5.74, 6) is -0.981. The Bertz CT molecular complexity index is 928. The Morgan fingerprint density at radius 1 is 1.28 bits per heavy atom. The van der Waals surface area contributed by atoms with Crippen molar-refractivity contribution in [2.45, 2.75) is 13.3 Å². The Kier molecular flexibility index (Phi) is 4.99. The summed E-state index contributed by atoms with van der Waals surface area (Å²) in [6, 6.07) is 8.73. The lowest BCUT2D eigenvalue weighted by Gasteiger charge is -2.16. The Labute approximate surface area is 142 Å². The first kappa shape index (κ1) is 18.7. The SMILES string of the molecule is CCS(=O)(=O)Nc1ccc(-c2ccc(C#N)n2C)cc1OC(F)(F)F. The van der Waals surface area contributed by atoms with Crippen molar-refractivity contribution in [2.75, 3.05) is 10.5 Å². The maximum atomic E-state index is 12.7. The molecule has 0 saturated carbocycles. The van der Waals surface area contributed by atoms with E-state index in [-0.39, 0.29) is 11.4 Å². The number of anilines is 1. The molecule has 25 heavy (non-hydrogen) atoms. The van der Waals surface area contributed by atoms with Crippen LogP contribution in [0.25, 0.3) is 11.3 Å². The van der Waals surface area contributed by atoms with E-state index in [1.54, 1.807) is 13.1 Å². The number of hydrogen-bond acceptors (Lipinski definition) is 4. The van der Waals surface area contributed by atoms with Crippen LogP contribution in [0.1, 0.15) is 12.6 Å². The van der Waals surface area contributed by atoms with Crippen LogP contribution in [0.5, 0.6) is 5.75 Å². The summed E-state index contributed by atoms with van der Waals surface area (Å²) in [5, 5.41) is 8.96. The van der Waals surface area contributed by atoms with E-state index in [0.29, 0.717) is 17.0 Å². The molecule has 1 aromatic heterocycles. The van der Waals surface area contributed by atoms with Gasteiger partial charge in [0.05, 0.1) is 11.4 Å². The minimum absolute atomic E-state index is 0.302. The van der Waals surface area contributed by atoms with Crippen LogP contribution >= 0.6 is 0 Å². The average Bonchev–Trinajstić information content (AvgIpc) is 2.88. The number of hydrogen-bond donors (Lipinski definition) is 1. The van der Waals surface area contributed by atoms with Crippen molar-refractivity contribution >= 4 is 15.7 Å². The summed E-state index contributed by atoms with van der Waals surface area (Å²) < 4.78 is 68.8. The van der Waals surface area contributed by atoms with Crippen molar-refractivity contribution in [2.24, 2.45) is 7.05 Å². The monoisotopic (exact) mass is 373 g/mol. The van der Waals surface area contributed by atoms with Gasteiger partial charge < -0.3 is 9.30 Å². The van der Waals surface area contributed by atoms with Crippen molar-refractivity contribution in [3.05, 3.63) is 36.0 Å². The fourth-order valence-electron chi connectivity index (χ4n) is 2.13. The Balaban J connectivity index is 2.53. The highest BCUT2D eigenvalue weighted by atomic mass is 32.2. The van der Waals surface area contributed by atoms with E-state index in [1.807, 2.05) is 6.07 Å². The number of sulfonamides is 1. The van der Waals surface area contributed by atoms with Crippen molar-refractivity contribution in [1.82, 2.24) is 4.57 Å². The first-order chi connectivity index (χ1) is 11.6. The quantitative estimate of drug-likeness (QED) is 0.872. The second kappa shape index (κ2) is 6.68. The van der Waals surface area contributed by atoms with Gasteiger partial charge in [-0.1, -0.05) is 6.07 Å². The smallest absolute Gasteiger partial charge is 0.404 e. The van der Waals surface area contributed by atoms with Crippen molar-refractivity contribution in [3.8, 4) is 23.1 Å². The highest BCUT2D eigenvalue weighted by Gasteiger charge is 2.33. The second-order valence-electron chi connectivity index (χ2n) is 5.04. The molecule has 0 bridgehead atoms. The summed E-state index contributed by atoms with van der Waals surface area (Å²) in [6.07, 6.45) is -4.99. The fraction of sp³-hybridized carbons (Fsp3) is 0.267. The fourth-order valence-corrected chi connectivity index (χ4v) is 2.78. The van der Waals surface area contributed by atoms with Gasteiger partial charge in [-0.05, 0) is 31.2 Å². The van der Waals surface area contributed by atoms with Crippen molar-refractivity contribution in [3.63, 3.8) is 0 Å². The maximum Gasteiger partial charge on any atom is 0.573 e. The molecule has 0 aliphatic carbocycles. The van der Waals surface area contributed by atoms with Gasteiger partial charge in [0.2, 0.25) is 10.0 Å². The van der Waals surface area contributed by atoms with Crippen LogP contribution in [0.15, 0.2) is 30.3 Å². The zero-order chi connectivity index (χ0) is 18.8. The van der Waals surface area contributed by atoms with Crippen LogP contribution in [0.4, 0.5) is 18.9 Å². The largest absolute Gasteiger partial charge is 0.573 e. The van der Waals surface area contributed by atoms with E-state index < -0.39 is 22.1 Å². The van der Waals surface area contributed by atoms with Gasteiger partial charge in [0, 0.05) is 18.3 Å². The molecule has 0 fully saturated rings. The molecule has 0 atom stereocenters. The van der Waals surface area contributed by atoms with E-state index in [2.05, 4.69) is 9.46 Å². The topological polar surface area (TPSA) is 84.1 Å². The molecule has 1 heterocycles. The lowest BCUT2D eigenvalue weighted by Crippen LogP contribution is -2.20. The number of alkyl halides is 3. The molecule has 0 aliphatic heterocycles. The molecule has 0 unspecified atom stereocenters. The lowest BCUT2D eigenvalue weighted by atomic mass is 10.1. The molecule has 6 nitrogen and oxygen atoms in total. The predicted octanol–water partition coefficient (Wildman–Crippen LogP) is 3.22. The van der Waals surface area contributed by atoms with Crippen LogP contribution < -0.4 is 9.46 Å². The molecule has 0 radical (unpaired) electrons. The Morgan fingerprint density at radius 2 is 1.96 bits per heavy atom. The molecule has 0 saturated heterocycles. The number of ether oxygens (including phenoxy) is 1. The number of halogens is 3. The maximum absolute atomic E-state index is 12.7. The molecule has 134 valence electrons. The molecular formula is C15H14F3N3O3S. The third-order valence-corrected chi connectivity index (χ3v) is 4.68. The van der Waals surface area contributed by atoms with Crippen LogP contribution in [0.2, 0.25) is 0 Å². The van der Waals surface area contributed by atoms with Gasteiger partial charge in [-0.15, -0.1) is 13.2 Å². The minimum Gasteiger partial charge on any atom is -0.404 e. The molecule has 2 rings (SSSR count). The average molecular weight is 373 g/mol. The highest BCUT2D eigenvalue weighted by Crippen LogP contribution is 2.35. The Hall–Kier alpha value is -2.67. The second-order valence-corrected chi connectivity index (χ2v) is 7.05. The third-order valence-electron chi connectivity index (χ3n) is 3.38. The first-order valence-electron chi connectivity index (χ1n) is 7.03. The van der Waals surface area contributed by atoms with Crippen LogP contribution in [-0.4, -0.2) is 25.1 Å². The zero-order valence-electron chi connectivity index (χ0n) is 13.3. The van der Waals surface area contributed by atoms with Gasteiger partial charge in [0.25, 0.3) is 0 Å². The van der Waals surface area contributed by atoms with E-state index in [0.717, 1.165) is 6.07 Å². The number of benzene rings is 1. The van der Waals surface area contributed by atoms with Gasteiger partial charge in [0.1, 0.15) is 11.8 Å². The molecule has 10 heteroatoms. The van der Waals surface area contributed by atoms with Crippen molar-refractivity contribution in [1.29, 1.82) is 5.26 Å². The normalized spacial score (nSPS) is 11.8. The van der Waals surface area contributed by atoms with Crippen LogP contribution in [0.3, 0.4) is 0 Å². The van der Waals surface area contributed by atoms with Gasteiger partial charge >= 0.3 is 6.36 Å². The summed E-state index contributed by atoms with van der Waals surface area (Å²) in [6.45, 7) is 1.36. The molecule has 1 N–H and O–H groups in total. The van der Waals surface area contributed by atoms with Crippen LogP contribution in [0, 0.1) is 11.3 Å². The van der Waals surface area contributed by atoms with Gasteiger partial charge in [-0.25, -0.2) is 8.42 Å². The number of nitrogens with one attached hydrogen (secondary N) is 1. The number of nitrogens with zero attached hydrogens (tertiary/aromatic N) is 2. The Morgan fingerprint density at radius 3 is 2.48 bits per heavy atom. The number of nitriles is 1. The van der Waals surface area contributed by atoms with Crippen molar-refractivity contribution < 1.29 is 26.3 Å². The highest BCUT2D eigenvalue weighted by molar-refractivity contribution is 7.92. The molecule has 1 aromatic carbocycles. The molecular weight excluding hydrogens is 359 g/mol. The van der Waals surface area contributed by atoms with E-state index in [1.165, 1.54) is 29.7 Å². The first-order valence-corrected chi connectivity index (χ1v) is 8.68. The summed E-state index contributed by atoms with van der Waals surface area (Å²) in [5.41, 5.74) is 0.817. The van der Waals surface area contributed by atoms with Gasteiger partial charge in [-0.3, -0.25) is 4.72 Å². The van der Waals surface area contributed by atoms with Crippen LogP contribution in [-0.2, 0) is 17.1 Å². The third kappa shape index (κ3) is 4.45. The summed E-state index contributed by atoms with van der Waals surface area (Å²) >= 11 is 0. The summed E-state index contributed by atoms with van der Waals surface area (Å²) in [4.78, 5) is 0. The zero-order valence-corrected chi connectivity index (χ0v) is 14.1. The minimum atomic E-state index is -4.99. The van der Waals surface area contributed by atoms with E-state index in [4.69, 9.17) is 5.26 Å². The summed E-state index contributed by atoms with van der Waals surface area (Å²) in [7, 11) is -2.19. The molecule has 0 aliphatic rings. The molecule has 0 spiro atoms. The van der Waals surface area contributed by atoms with Gasteiger partial charge in [0.15, 0.2) is 5.75 Å². The van der Waals surface area contributed by atoms with Gasteiger partial charge in [-0.2, -0.15) is 5.26 Å². The number of rotatable bonds is 5.